The number of anilines is 1. The van der Waals surface area contributed by atoms with Crippen LogP contribution in [0, 0.1) is 5.92 Å². The zero-order valence-corrected chi connectivity index (χ0v) is 16.8. The number of nitrogens with one attached hydrogen (secondary N) is 2. The predicted molar refractivity (Wildman–Crippen MR) is 121 cm³/mol. The summed E-state index contributed by atoms with van der Waals surface area (Å²) in [5.74, 6) is 0.591. The maximum Gasteiger partial charge on any atom is 0.255 e. The summed E-state index contributed by atoms with van der Waals surface area (Å²) >= 11 is 0. The fourth-order valence-corrected chi connectivity index (χ4v) is 4.74. The summed E-state index contributed by atoms with van der Waals surface area (Å²) in [5, 5.41) is 6.30. The van der Waals surface area contributed by atoms with Crippen LogP contribution in [-0.2, 0) is 12.8 Å². The van der Waals surface area contributed by atoms with Crippen LogP contribution in [0.5, 0.6) is 0 Å². The maximum atomic E-state index is 13.0. The minimum atomic E-state index is -0.0946. The molecule has 2 aromatic heterocycles. The summed E-state index contributed by atoms with van der Waals surface area (Å²) in [6.45, 7) is 2.30. The van der Waals surface area contributed by atoms with E-state index in [0.29, 0.717) is 11.5 Å². The molecule has 0 radical (unpaired) electrons. The number of rotatable bonds is 2. The third-order valence-corrected chi connectivity index (χ3v) is 6.33. The molecule has 6 rings (SSSR count). The van der Waals surface area contributed by atoms with Crippen LogP contribution >= 0.6 is 0 Å². The first-order valence-corrected chi connectivity index (χ1v) is 10.5. The lowest BCUT2D eigenvalue weighted by molar-refractivity contribution is 0.102. The number of aromatic amines is 1. The Balaban J connectivity index is 1.35. The average Bonchev–Trinajstić information content (AvgIpc) is 3.31. The molecule has 1 unspecified atom stereocenters. The van der Waals surface area contributed by atoms with Gasteiger partial charge in [0.2, 0.25) is 0 Å². The van der Waals surface area contributed by atoms with Gasteiger partial charge in [-0.25, -0.2) is 0 Å². The van der Waals surface area contributed by atoms with Gasteiger partial charge in [-0.2, -0.15) is 0 Å². The molecule has 0 bridgehead atoms. The van der Waals surface area contributed by atoms with Crippen LogP contribution in [0.25, 0.3) is 32.8 Å². The SMILES string of the molecule is CC1CCc2[nH]c3ccc(C(=O)Nc4ccc5oc6ccccc6c5c4)cc3c2C1. The summed E-state index contributed by atoms with van der Waals surface area (Å²) < 4.78 is 5.88. The van der Waals surface area contributed by atoms with Gasteiger partial charge < -0.3 is 14.7 Å². The molecule has 1 atom stereocenters. The Labute approximate surface area is 173 Å². The zero-order valence-electron chi connectivity index (χ0n) is 16.8. The third kappa shape index (κ3) is 2.71. The van der Waals surface area contributed by atoms with E-state index in [0.717, 1.165) is 46.0 Å². The number of aryl methyl sites for hydroxylation is 1. The number of benzene rings is 3. The number of H-pyrrole nitrogens is 1. The van der Waals surface area contributed by atoms with E-state index in [1.165, 1.54) is 23.1 Å². The summed E-state index contributed by atoms with van der Waals surface area (Å²) in [6, 6.07) is 19.7. The number of hydrogen-bond acceptors (Lipinski definition) is 2. The molecule has 5 aromatic rings. The molecule has 0 aliphatic heterocycles. The van der Waals surface area contributed by atoms with Crippen molar-refractivity contribution in [3.63, 3.8) is 0 Å². The van der Waals surface area contributed by atoms with Crippen LogP contribution in [-0.4, -0.2) is 10.9 Å². The van der Waals surface area contributed by atoms with Crippen molar-refractivity contribution in [3.05, 3.63) is 77.5 Å². The molecule has 148 valence electrons. The highest BCUT2D eigenvalue weighted by atomic mass is 16.3. The topological polar surface area (TPSA) is 58.0 Å². The number of fused-ring (bicyclic) bond motifs is 6. The normalized spacial score (nSPS) is 16.2. The largest absolute Gasteiger partial charge is 0.456 e. The summed E-state index contributed by atoms with van der Waals surface area (Å²) in [6.07, 6.45) is 3.38. The number of aromatic nitrogens is 1. The Hall–Kier alpha value is -3.53. The molecular formula is C26H22N2O2. The van der Waals surface area contributed by atoms with Crippen LogP contribution in [0.1, 0.15) is 35.0 Å². The van der Waals surface area contributed by atoms with Crippen LogP contribution in [0.2, 0.25) is 0 Å². The lowest BCUT2D eigenvalue weighted by Gasteiger charge is -2.18. The Morgan fingerprint density at radius 2 is 1.87 bits per heavy atom. The Morgan fingerprint density at radius 1 is 1.00 bits per heavy atom. The van der Waals surface area contributed by atoms with E-state index in [1.807, 2.05) is 60.7 Å². The smallest absolute Gasteiger partial charge is 0.255 e. The van der Waals surface area contributed by atoms with Crippen molar-refractivity contribution in [2.24, 2.45) is 5.92 Å². The Bertz CT molecular complexity index is 1440. The molecule has 0 fully saturated rings. The minimum Gasteiger partial charge on any atom is -0.456 e. The average molecular weight is 394 g/mol. The highest BCUT2D eigenvalue weighted by Crippen LogP contribution is 2.33. The second-order valence-corrected chi connectivity index (χ2v) is 8.45. The summed E-state index contributed by atoms with van der Waals surface area (Å²) in [5.41, 5.74) is 6.96. The first-order chi connectivity index (χ1) is 14.7. The third-order valence-electron chi connectivity index (χ3n) is 6.33. The number of furan rings is 1. The van der Waals surface area contributed by atoms with E-state index >= 15 is 0 Å². The fourth-order valence-electron chi connectivity index (χ4n) is 4.74. The van der Waals surface area contributed by atoms with E-state index in [4.69, 9.17) is 4.42 Å². The van der Waals surface area contributed by atoms with Gasteiger partial charge in [0, 0.05) is 38.6 Å². The number of amides is 1. The molecular weight excluding hydrogens is 372 g/mol. The second kappa shape index (κ2) is 6.49. The van der Waals surface area contributed by atoms with Gasteiger partial charge in [0.15, 0.2) is 0 Å². The van der Waals surface area contributed by atoms with Crippen molar-refractivity contribution in [2.45, 2.75) is 26.2 Å². The molecule has 3 aromatic carbocycles. The van der Waals surface area contributed by atoms with E-state index in [-0.39, 0.29) is 5.91 Å². The highest BCUT2D eigenvalue weighted by Gasteiger charge is 2.20. The van der Waals surface area contributed by atoms with Crippen molar-refractivity contribution in [1.82, 2.24) is 4.98 Å². The zero-order chi connectivity index (χ0) is 20.2. The van der Waals surface area contributed by atoms with E-state index < -0.39 is 0 Å². The van der Waals surface area contributed by atoms with Crippen molar-refractivity contribution in [3.8, 4) is 0 Å². The standard InChI is InChI=1S/C26H22N2O2/c1-15-6-9-22-19(12-15)20-13-16(7-10-23(20)28-22)26(29)27-17-8-11-25-21(14-17)18-4-2-3-5-24(18)30-25/h2-5,7-8,10-11,13-15,28H,6,9,12H2,1H3,(H,27,29). The Morgan fingerprint density at radius 3 is 2.80 bits per heavy atom. The van der Waals surface area contributed by atoms with E-state index in [2.05, 4.69) is 17.2 Å². The van der Waals surface area contributed by atoms with Crippen LogP contribution in [0.3, 0.4) is 0 Å². The Kier molecular flexibility index (Phi) is 3.75. The molecule has 1 amide bonds. The van der Waals surface area contributed by atoms with Gasteiger partial charge in [0.1, 0.15) is 11.2 Å². The first kappa shape index (κ1) is 17.3. The van der Waals surface area contributed by atoms with Crippen molar-refractivity contribution in [1.29, 1.82) is 0 Å². The predicted octanol–water partition coefficient (Wildman–Crippen LogP) is 6.44. The molecule has 2 heterocycles. The lowest BCUT2D eigenvalue weighted by Crippen LogP contribution is -2.12. The monoisotopic (exact) mass is 394 g/mol. The highest BCUT2D eigenvalue weighted by molar-refractivity contribution is 6.10. The molecule has 1 aliphatic rings. The van der Waals surface area contributed by atoms with Crippen LogP contribution < -0.4 is 5.32 Å². The van der Waals surface area contributed by atoms with Crippen molar-refractivity contribution in [2.75, 3.05) is 5.32 Å². The van der Waals surface area contributed by atoms with Gasteiger partial charge in [0.25, 0.3) is 5.91 Å². The first-order valence-electron chi connectivity index (χ1n) is 10.5. The molecule has 0 saturated carbocycles. The van der Waals surface area contributed by atoms with Crippen molar-refractivity contribution >= 4 is 44.4 Å². The van der Waals surface area contributed by atoms with Gasteiger partial charge in [-0.3, -0.25) is 4.79 Å². The number of carbonyl (C=O) groups excluding carboxylic acids is 1. The number of carbonyl (C=O) groups is 1. The molecule has 30 heavy (non-hydrogen) atoms. The fraction of sp³-hybridized carbons (Fsp3) is 0.192. The molecule has 4 nitrogen and oxygen atoms in total. The van der Waals surface area contributed by atoms with Gasteiger partial charge in [-0.15, -0.1) is 0 Å². The van der Waals surface area contributed by atoms with Gasteiger partial charge in [-0.05, 0) is 73.2 Å². The second-order valence-electron chi connectivity index (χ2n) is 8.45. The lowest BCUT2D eigenvalue weighted by atomic mass is 9.87. The van der Waals surface area contributed by atoms with Crippen LogP contribution in [0.15, 0.2) is 65.1 Å². The van der Waals surface area contributed by atoms with E-state index in [9.17, 15) is 4.79 Å². The molecule has 0 spiro atoms. The quantitative estimate of drug-likeness (QED) is 0.362. The number of hydrogen-bond donors (Lipinski definition) is 2. The summed E-state index contributed by atoms with van der Waals surface area (Å²) in [4.78, 5) is 16.5. The number of para-hydroxylation sites is 1. The van der Waals surface area contributed by atoms with Gasteiger partial charge in [0.05, 0.1) is 0 Å². The molecule has 1 aliphatic carbocycles. The van der Waals surface area contributed by atoms with E-state index in [1.54, 1.807) is 0 Å². The van der Waals surface area contributed by atoms with Gasteiger partial charge in [-0.1, -0.05) is 25.1 Å². The maximum absolute atomic E-state index is 13.0. The van der Waals surface area contributed by atoms with Crippen LogP contribution in [0.4, 0.5) is 5.69 Å². The van der Waals surface area contributed by atoms with Crippen molar-refractivity contribution < 1.29 is 9.21 Å². The summed E-state index contributed by atoms with van der Waals surface area (Å²) in [7, 11) is 0. The molecule has 2 N–H and O–H groups in total. The van der Waals surface area contributed by atoms with Gasteiger partial charge >= 0.3 is 0 Å². The minimum absolute atomic E-state index is 0.0946. The molecule has 4 heteroatoms. The molecule has 0 saturated heterocycles.